The lowest BCUT2D eigenvalue weighted by molar-refractivity contribution is -0.0624. The van der Waals surface area contributed by atoms with E-state index in [0.29, 0.717) is 12.0 Å². The van der Waals surface area contributed by atoms with Gasteiger partial charge >= 0.3 is 0 Å². The maximum atomic E-state index is 6.39. The van der Waals surface area contributed by atoms with E-state index in [1.54, 1.807) is 0 Å². The molecule has 116 valence electrons. The second-order valence-corrected chi connectivity index (χ2v) is 6.87. The Labute approximate surface area is 133 Å². The van der Waals surface area contributed by atoms with Crippen LogP contribution in [0.2, 0.25) is 0 Å². The molecule has 1 N–H and O–H groups in total. The molecule has 2 nitrogen and oxygen atoms in total. The lowest BCUT2D eigenvalue weighted by Gasteiger charge is -2.33. The van der Waals surface area contributed by atoms with Crippen molar-refractivity contribution in [2.24, 2.45) is 0 Å². The van der Waals surface area contributed by atoms with Crippen molar-refractivity contribution in [1.82, 2.24) is 5.32 Å². The van der Waals surface area contributed by atoms with Crippen molar-refractivity contribution >= 4 is 11.6 Å². The smallest absolute Gasteiger partial charge is 0.0708 e. The maximum Gasteiger partial charge on any atom is 0.0708 e. The summed E-state index contributed by atoms with van der Waals surface area (Å²) in [7, 11) is 0. The highest BCUT2D eigenvalue weighted by Crippen LogP contribution is 2.41. The maximum absolute atomic E-state index is 6.39. The first-order chi connectivity index (χ1) is 10.3. The van der Waals surface area contributed by atoms with Crippen LogP contribution in [-0.4, -0.2) is 18.2 Å². The van der Waals surface area contributed by atoms with Gasteiger partial charge in [0.2, 0.25) is 0 Å². The van der Waals surface area contributed by atoms with Gasteiger partial charge in [-0.15, -0.1) is 11.6 Å². The first-order valence-electron chi connectivity index (χ1n) is 8.32. The summed E-state index contributed by atoms with van der Waals surface area (Å²) in [6.07, 6.45) is 9.54. The topological polar surface area (TPSA) is 21.3 Å². The molecule has 0 bridgehead atoms. The van der Waals surface area contributed by atoms with Gasteiger partial charge in [0, 0.05) is 19.0 Å². The van der Waals surface area contributed by atoms with E-state index >= 15 is 0 Å². The highest BCUT2D eigenvalue weighted by molar-refractivity contribution is 6.17. The van der Waals surface area contributed by atoms with E-state index in [1.807, 2.05) is 0 Å². The summed E-state index contributed by atoms with van der Waals surface area (Å²) in [6, 6.07) is 8.49. The van der Waals surface area contributed by atoms with E-state index in [-0.39, 0.29) is 5.60 Å². The summed E-state index contributed by atoms with van der Waals surface area (Å²) in [5.41, 5.74) is 2.73. The average molecular weight is 308 g/mol. The normalized spacial score (nSPS) is 24.5. The molecule has 1 saturated heterocycles. The van der Waals surface area contributed by atoms with Crippen LogP contribution >= 0.6 is 11.6 Å². The van der Waals surface area contributed by atoms with Gasteiger partial charge in [0.05, 0.1) is 11.7 Å². The van der Waals surface area contributed by atoms with E-state index < -0.39 is 0 Å². The highest BCUT2D eigenvalue weighted by atomic mass is 35.5. The SMILES string of the molecule is ClCc1cccc(CNCC2CCC3(CCCCC3)O2)c1. The molecule has 0 amide bonds. The third kappa shape index (κ3) is 4.00. The Morgan fingerprint density at radius 2 is 1.95 bits per heavy atom. The van der Waals surface area contributed by atoms with Crippen LogP contribution in [0.1, 0.15) is 56.1 Å². The molecule has 1 spiro atoms. The Hall–Kier alpha value is -0.570. The number of ether oxygens (including phenoxy) is 1. The molecular weight excluding hydrogens is 282 g/mol. The molecule has 2 fully saturated rings. The summed E-state index contributed by atoms with van der Waals surface area (Å²) in [5, 5.41) is 3.55. The van der Waals surface area contributed by atoms with Crippen molar-refractivity contribution in [1.29, 1.82) is 0 Å². The molecule has 1 aliphatic carbocycles. The fourth-order valence-corrected chi connectivity index (χ4v) is 3.97. The summed E-state index contributed by atoms with van der Waals surface area (Å²) < 4.78 is 6.39. The van der Waals surface area contributed by atoms with Gasteiger partial charge in [-0.25, -0.2) is 0 Å². The number of halogens is 1. The zero-order valence-electron chi connectivity index (χ0n) is 12.7. The highest BCUT2D eigenvalue weighted by Gasteiger charge is 2.40. The molecular formula is C18H26ClNO. The van der Waals surface area contributed by atoms with E-state index in [4.69, 9.17) is 16.3 Å². The largest absolute Gasteiger partial charge is 0.370 e. The molecule has 1 aromatic carbocycles. The Balaban J connectivity index is 1.43. The standard InChI is InChI=1S/C18H26ClNO/c19-12-15-5-4-6-16(11-15)13-20-14-17-7-10-18(21-17)8-2-1-3-9-18/h4-6,11,17,20H,1-3,7-10,12-14H2. The Kier molecular flexibility index (Phi) is 5.20. The van der Waals surface area contributed by atoms with E-state index in [2.05, 4.69) is 29.6 Å². The molecule has 1 aromatic rings. The van der Waals surface area contributed by atoms with Gasteiger partial charge < -0.3 is 10.1 Å². The summed E-state index contributed by atoms with van der Waals surface area (Å²) in [5.74, 6) is 0.585. The van der Waals surface area contributed by atoms with Crippen molar-refractivity contribution in [2.45, 2.75) is 69.1 Å². The van der Waals surface area contributed by atoms with Crippen molar-refractivity contribution in [3.63, 3.8) is 0 Å². The molecule has 21 heavy (non-hydrogen) atoms. The number of rotatable bonds is 5. The molecule has 0 radical (unpaired) electrons. The second-order valence-electron chi connectivity index (χ2n) is 6.61. The van der Waals surface area contributed by atoms with Gasteiger partial charge in [0.1, 0.15) is 0 Å². The minimum Gasteiger partial charge on any atom is -0.370 e. The van der Waals surface area contributed by atoms with Gasteiger partial charge in [0.25, 0.3) is 0 Å². The summed E-state index contributed by atoms with van der Waals surface area (Å²) >= 11 is 5.88. The van der Waals surface area contributed by atoms with E-state index in [1.165, 1.54) is 56.1 Å². The lowest BCUT2D eigenvalue weighted by atomic mass is 9.83. The van der Waals surface area contributed by atoms with Crippen molar-refractivity contribution < 1.29 is 4.74 Å². The Bertz CT molecular complexity index is 456. The van der Waals surface area contributed by atoms with Crippen LogP contribution in [0, 0.1) is 0 Å². The van der Waals surface area contributed by atoms with Crippen molar-refractivity contribution in [3.05, 3.63) is 35.4 Å². The number of hydrogen-bond acceptors (Lipinski definition) is 2. The van der Waals surface area contributed by atoms with Crippen LogP contribution in [0.25, 0.3) is 0 Å². The molecule has 1 heterocycles. The first kappa shape index (κ1) is 15.3. The number of hydrogen-bond donors (Lipinski definition) is 1. The van der Waals surface area contributed by atoms with Crippen molar-refractivity contribution in [2.75, 3.05) is 6.54 Å². The third-order valence-electron chi connectivity index (χ3n) is 4.95. The zero-order chi connectivity index (χ0) is 14.5. The number of nitrogens with one attached hydrogen (secondary N) is 1. The second kappa shape index (κ2) is 7.13. The average Bonchev–Trinajstić information content (AvgIpc) is 2.91. The zero-order valence-corrected chi connectivity index (χ0v) is 13.5. The van der Waals surface area contributed by atoms with Gasteiger partial charge in [-0.2, -0.15) is 0 Å². The van der Waals surface area contributed by atoms with Gasteiger partial charge in [-0.1, -0.05) is 43.5 Å². The fraction of sp³-hybridized carbons (Fsp3) is 0.667. The molecule has 1 unspecified atom stereocenters. The molecule has 3 heteroatoms. The molecule has 0 aromatic heterocycles. The lowest BCUT2D eigenvalue weighted by Crippen LogP contribution is -2.34. The number of benzene rings is 1. The first-order valence-corrected chi connectivity index (χ1v) is 8.85. The van der Waals surface area contributed by atoms with Crippen LogP contribution in [0.5, 0.6) is 0 Å². The molecule has 3 rings (SSSR count). The van der Waals surface area contributed by atoms with Gasteiger partial charge in [-0.05, 0) is 36.8 Å². The Morgan fingerprint density at radius 3 is 2.76 bits per heavy atom. The third-order valence-corrected chi connectivity index (χ3v) is 5.26. The fourth-order valence-electron chi connectivity index (χ4n) is 3.80. The monoisotopic (exact) mass is 307 g/mol. The van der Waals surface area contributed by atoms with Crippen LogP contribution in [-0.2, 0) is 17.2 Å². The van der Waals surface area contributed by atoms with Crippen LogP contribution < -0.4 is 5.32 Å². The quantitative estimate of drug-likeness (QED) is 0.814. The van der Waals surface area contributed by atoms with Gasteiger partial charge in [0.15, 0.2) is 0 Å². The minimum atomic E-state index is 0.239. The predicted molar refractivity (Wildman–Crippen MR) is 87.6 cm³/mol. The van der Waals surface area contributed by atoms with Crippen LogP contribution in [0.15, 0.2) is 24.3 Å². The molecule has 1 saturated carbocycles. The summed E-state index contributed by atoms with van der Waals surface area (Å²) in [4.78, 5) is 0. The van der Waals surface area contributed by atoms with Crippen LogP contribution in [0.3, 0.4) is 0 Å². The van der Waals surface area contributed by atoms with Gasteiger partial charge in [-0.3, -0.25) is 0 Å². The predicted octanol–water partition coefficient (Wildman–Crippen LogP) is 4.40. The molecule has 1 atom stereocenters. The summed E-state index contributed by atoms with van der Waals surface area (Å²) in [6.45, 7) is 1.87. The Morgan fingerprint density at radius 1 is 1.14 bits per heavy atom. The van der Waals surface area contributed by atoms with E-state index in [9.17, 15) is 0 Å². The van der Waals surface area contributed by atoms with Crippen LogP contribution in [0.4, 0.5) is 0 Å². The van der Waals surface area contributed by atoms with Crippen molar-refractivity contribution in [3.8, 4) is 0 Å². The minimum absolute atomic E-state index is 0.239. The molecule has 2 aliphatic rings. The molecule has 1 aliphatic heterocycles. The number of alkyl halides is 1. The van der Waals surface area contributed by atoms with E-state index in [0.717, 1.165) is 13.1 Å².